The zero-order chi connectivity index (χ0) is 19.0. The zero-order valence-electron chi connectivity index (χ0n) is 16.5. The molecule has 3 aromatic rings. The van der Waals surface area contributed by atoms with E-state index in [1.165, 1.54) is 10.4 Å². The van der Waals surface area contributed by atoms with E-state index < -0.39 is 0 Å². The summed E-state index contributed by atoms with van der Waals surface area (Å²) in [6.07, 6.45) is 3.99. The first kappa shape index (κ1) is 18.7. The quantitative estimate of drug-likeness (QED) is 0.625. The summed E-state index contributed by atoms with van der Waals surface area (Å²) in [4.78, 5) is 11.7. The predicted molar refractivity (Wildman–Crippen MR) is 105 cm³/mol. The fourth-order valence-electron chi connectivity index (χ4n) is 3.45. The molecular weight excluding hydrogens is 362 g/mol. The van der Waals surface area contributed by atoms with Gasteiger partial charge >= 0.3 is 0 Å². The van der Waals surface area contributed by atoms with E-state index in [4.69, 9.17) is 14.5 Å². The van der Waals surface area contributed by atoms with E-state index in [-0.39, 0.29) is 5.60 Å². The maximum atomic E-state index is 5.96. The molecule has 0 saturated carbocycles. The van der Waals surface area contributed by atoms with Crippen LogP contribution in [0.3, 0.4) is 0 Å². The smallest absolute Gasteiger partial charge is 0.206 e. The summed E-state index contributed by atoms with van der Waals surface area (Å²) in [5, 5.41) is 8.02. The summed E-state index contributed by atoms with van der Waals surface area (Å²) in [5.74, 6) is 0.848. The van der Waals surface area contributed by atoms with Gasteiger partial charge in [-0.05, 0) is 33.3 Å². The largest absolute Gasteiger partial charge is 0.379 e. The maximum Gasteiger partial charge on any atom is 0.206 e. The number of hydrogen-bond acceptors (Lipinski definition) is 6. The van der Waals surface area contributed by atoms with E-state index in [0.717, 1.165) is 54.2 Å². The van der Waals surface area contributed by atoms with Crippen LogP contribution >= 0.6 is 11.3 Å². The highest BCUT2D eigenvalue weighted by atomic mass is 32.1. The van der Waals surface area contributed by atoms with Crippen LogP contribution in [-0.4, -0.2) is 44.4 Å². The van der Waals surface area contributed by atoms with E-state index >= 15 is 0 Å². The third-order valence-electron chi connectivity index (χ3n) is 4.78. The monoisotopic (exact) mass is 390 g/mol. The Hall–Kier alpha value is -1.61. The number of rotatable bonds is 7. The molecule has 0 bridgehead atoms. The van der Waals surface area contributed by atoms with Crippen molar-refractivity contribution in [1.29, 1.82) is 0 Å². The number of fused-ring (bicyclic) bond motifs is 5. The van der Waals surface area contributed by atoms with Gasteiger partial charge in [-0.15, -0.1) is 16.4 Å². The van der Waals surface area contributed by atoms with Crippen molar-refractivity contribution in [2.75, 3.05) is 13.2 Å². The first-order valence-corrected chi connectivity index (χ1v) is 10.5. The average molecular weight is 391 g/mol. The minimum atomic E-state index is -0.150. The van der Waals surface area contributed by atoms with Gasteiger partial charge in [-0.25, -0.2) is 14.5 Å². The van der Waals surface area contributed by atoms with Gasteiger partial charge < -0.3 is 14.8 Å². The molecule has 0 amide bonds. The van der Waals surface area contributed by atoms with Crippen molar-refractivity contribution in [3.8, 4) is 0 Å². The molecule has 4 heterocycles. The van der Waals surface area contributed by atoms with Crippen molar-refractivity contribution in [2.24, 2.45) is 0 Å². The third kappa shape index (κ3) is 3.99. The van der Waals surface area contributed by atoms with E-state index in [0.29, 0.717) is 12.7 Å². The summed E-state index contributed by atoms with van der Waals surface area (Å²) in [6.45, 7) is 11.6. The fourth-order valence-corrected chi connectivity index (χ4v) is 4.52. The molecule has 8 heteroatoms. The molecule has 1 aliphatic heterocycles. The highest BCUT2D eigenvalue weighted by Gasteiger charge is 2.30. The lowest BCUT2D eigenvalue weighted by atomic mass is 9.94. The lowest BCUT2D eigenvalue weighted by Gasteiger charge is -2.30. The summed E-state index contributed by atoms with van der Waals surface area (Å²) in [5.41, 5.74) is 2.10. The number of quaternary nitrogens is 1. The molecule has 4 rings (SSSR count). The Morgan fingerprint density at radius 2 is 2.26 bits per heavy atom. The molecule has 7 nitrogen and oxygen atoms in total. The lowest BCUT2D eigenvalue weighted by molar-refractivity contribution is -0.672. The molecule has 1 aliphatic rings. The Morgan fingerprint density at radius 1 is 1.41 bits per heavy atom. The Balaban J connectivity index is 1.52. The molecule has 0 aliphatic carbocycles. The molecule has 2 N–H and O–H groups in total. The van der Waals surface area contributed by atoms with Crippen molar-refractivity contribution in [3.63, 3.8) is 0 Å². The maximum absolute atomic E-state index is 5.96. The Kier molecular flexibility index (Phi) is 5.15. The molecule has 146 valence electrons. The zero-order valence-corrected chi connectivity index (χ0v) is 17.3. The van der Waals surface area contributed by atoms with Crippen LogP contribution in [0.2, 0.25) is 0 Å². The van der Waals surface area contributed by atoms with E-state index in [1.54, 1.807) is 17.7 Å². The number of nitrogens with two attached hydrogens (primary N) is 1. The van der Waals surface area contributed by atoms with Gasteiger partial charge in [-0.2, -0.15) is 0 Å². The van der Waals surface area contributed by atoms with Crippen LogP contribution in [0.15, 0.2) is 6.33 Å². The summed E-state index contributed by atoms with van der Waals surface area (Å²) < 4.78 is 13.4. The minimum absolute atomic E-state index is 0.150. The molecule has 0 atom stereocenters. The van der Waals surface area contributed by atoms with Gasteiger partial charge in [0, 0.05) is 17.7 Å². The molecule has 0 radical (unpaired) electrons. The second-order valence-corrected chi connectivity index (χ2v) is 9.09. The first-order chi connectivity index (χ1) is 12.9. The molecular formula is C19H28N5O2S+. The number of hydrogen-bond donors (Lipinski definition) is 1. The summed E-state index contributed by atoms with van der Waals surface area (Å²) in [7, 11) is 0. The van der Waals surface area contributed by atoms with Gasteiger partial charge in [-0.3, -0.25) is 0 Å². The Bertz CT molecular complexity index is 947. The molecule has 27 heavy (non-hydrogen) atoms. The van der Waals surface area contributed by atoms with Crippen LogP contribution in [0, 0.1) is 0 Å². The van der Waals surface area contributed by atoms with E-state index in [9.17, 15) is 0 Å². The van der Waals surface area contributed by atoms with Gasteiger partial charge in [0.1, 0.15) is 17.7 Å². The minimum Gasteiger partial charge on any atom is -0.379 e. The average Bonchev–Trinajstić information content (AvgIpc) is 3.16. The van der Waals surface area contributed by atoms with Crippen LogP contribution < -0.4 is 5.32 Å². The number of ether oxygens (including phenoxy) is 2. The van der Waals surface area contributed by atoms with Crippen molar-refractivity contribution < 1.29 is 14.8 Å². The van der Waals surface area contributed by atoms with Gasteiger partial charge in [0.15, 0.2) is 5.65 Å². The van der Waals surface area contributed by atoms with E-state index in [2.05, 4.69) is 43.1 Å². The van der Waals surface area contributed by atoms with E-state index in [1.807, 2.05) is 4.52 Å². The highest BCUT2D eigenvalue weighted by molar-refractivity contribution is 7.19. The van der Waals surface area contributed by atoms with Crippen molar-refractivity contribution >= 4 is 27.2 Å². The first-order valence-electron chi connectivity index (χ1n) is 9.65. The molecule has 0 aromatic carbocycles. The van der Waals surface area contributed by atoms with Crippen LogP contribution in [0.1, 0.15) is 50.4 Å². The van der Waals surface area contributed by atoms with Crippen LogP contribution in [0.5, 0.6) is 0 Å². The fraction of sp³-hybridized carbons (Fsp3) is 0.632. The van der Waals surface area contributed by atoms with Crippen molar-refractivity contribution in [2.45, 2.75) is 65.4 Å². The number of thiophene rings is 1. The normalized spacial score (nSPS) is 16.5. The Labute approximate surface area is 163 Å². The van der Waals surface area contributed by atoms with Gasteiger partial charge in [0.2, 0.25) is 5.82 Å². The van der Waals surface area contributed by atoms with Gasteiger partial charge in [0.05, 0.1) is 36.8 Å². The van der Waals surface area contributed by atoms with Crippen LogP contribution in [0.4, 0.5) is 0 Å². The summed E-state index contributed by atoms with van der Waals surface area (Å²) in [6, 6.07) is 0. The predicted octanol–water partition coefficient (Wildman–Crippen LogP) is 2.07. The van der Waals surface area contributed by atoms with Crippen LogP contribution in [0.25, 0.3) is 15.9 Å². The molecule has 3 aromatic heterocycles. The van der Waals surface area contributed by atoms with Crippen LogP contribution in [-0.2, 0) is 29.0 Å². The third-order valence-corrected chi connectivity index (χ3v) is 5.90. The lowest BCUT2D eigenvalue weighted by Crippen LogP contribution is -2.82. The topological polar surface area (TPSA) is 78.2 Å². The summed E-state index contributed by atoms with van der Waals surface area (Å²) >= 11 is 1.71. The second kappa shape index (κ2) is 7.43. The van der Waals surface area contributed by atoms with Crippen molar-refractivity contribution in [3.05, 3.63) is 22.6 Å². The van der Waals surface area contributed by atoms with Crippen molar-refractivity contribution in [1.82, 2.24) is 19.6 Å². The molecule has 0 unspecified atom stereocenters. The molecule has 0 saturated heterocycles. The Morgan fingerprint density at radius 3 is 3.07 bits per heavy atom. The SMILES string of the molecule is CC(C)OCCC[NH2+]Cc1nc2c3c4c(sc3ncn2n1)COC(C)(C)C4. The highest BCUT2D eigenvalue weighted by Crippen LogP contribution is 2.39. The molecule has 0 fully saturated rings. The van der Waals surface area contributed by atoms with Gasteiger partial charge in [-0.1, -0.05) is 0 Å². The standard InChI is InChI=1S/C19H27N5O2S/c1-12(2)25-7-5-6-20-9-15-22-17-16-13-8-19(3,4)26-10-14(13)27-18(16)21-11-24(17)23-15/h11-12,20H,5-10H2,1-4H3/p+1. The number of aromatic nitrogens is 4. The van der Waals surface area contributed by atoms with Gasteiger partial charge in [0.25, 0.3) is 0 Å². The number of nitrogens with zero attached hydrogens (tertiary/aromatic N) is 4. The molecule has 0 spiro atoms. The second-order valence-electron chi connectivity index (χ2n) is 8.00.